The van der Waals surface area contributed by atoms with Crippen LogP contribution >= 0.6 is 12.4 Å². The van der Waals surface area contributed by atoms with E-state index < -0.39 is 17.7 Å². The third kappa shape index (κ3) is 5.81. The van der Waals surface area contributed by atoms with Crippen LogP contribution in [0.3, 0.4) is 0 Å². The number of hydrogen-bond acceptors (Lipinski definition) is 5. The molecule has 40 heavy (non-hydrogen) atoms. The molecule has 8 nitrogen and oxygen atoms in total. The molecule has 5 rings (SSSR count). The molecule has 1 spiro atoms. The fourth-order valence-corrected chi connectivity index (χ4v) is 6.98. The number of piperazine rings is 1. The first kappa shape index (κ1) is 30.5. The molecule has 2 N–H and O–H groups in total. The van der Waals surface area contributed by atoms with E-state index in [0.717, 1.165) is 75.2 Å². The number of aryl methyl sites for hydroxylation is 1. The molecule has 220 valence electrons. The normalized spacial score (nSPS) is 22.7. The largest absolute Gasteiger partial charge is 0.390 e. The van der Waals surface area contributed by atoms with Gasteiger partial charge in [-0.2, -0.15) is 5.10 Å². The van der Waals surface area contributed by atoms with Gasteiger partial charge in [-0.15, -0.1) is 12.4 Å². The van der Waals surface area contributed by atoms with Gasteiger partial charge in [-0.3, -0.25) is 14.5 Å². The first-order chi connectivity index (χ1) is 18.9. The monoisotopic (exact) mass is 571 g/mol. The van der Waals surface area contributed by atoms with Gasteiger partial charge in [0.25, 0.3) is 0 Å². The van der Waals surface area contributed by atoms with E-state index in [1.54, 1.807) is 0 Å². The Bertz CT molecular complexity index is 1160. The van der Waals surface area contributed by atoms with E-state index in [4.69, 9.17) is 5.10 Å². The van der Waals surface area contributed by atoms with E-state index in [2.05, 4.69) is 43.1 Å². The van der Waals surface area contributed by atoms with Crippen LogP contribution in [0.2, 0.25) is 0 Å². The first-order valence-electron chi connectivity index (χ1n) is 15.0. The van der Waals surface area contributed by atoms with Crippen molar-refractivity contribution in [3.8, 4) is 5.69 Å². The highest BCUT2D eigenvalue weighted by molar-refractivity contribution is 6.00. The van der Waals surface area contributed by atoms with Crippen LogP contribution in [0.5, 0.6) is 0 Å². The highest BCUT2D eigenvalue weighted by atomic mass is 35.5. The second-order valence-electron chi connectivity index (χ2n) is 11.9. The fourth-order valence-electron chi connectivity index (χ4n) is 6.98. The lowest BCUT2D eigenvalue weighted by molar-refractivity contribution is -0.166. The second-order valence-corrected chi connectivity index (χ2v) is 11.9. The first-order valence-corrected chi connectivity index (χ1v) is 15.0. The molecule has 3 heterocycles. The summed E-state index contributed by atoms with van der Waals surface area (Å²) in [7, 11) is 0. The highest BCUT2D eigenvalue weighted by Crippen LogP contribution is 2.36. The third-order valence-electron chi connectivity index (χ3n) is 9.47. The molecule has 2 aliphatic heterocycles. The molecule has 0 unspecified atom stereocenters. The zero-order valence-corrected chi connectivity index (χ0v) is 25.1. The predicted molar refractivity (Wildman–Crippen MR) is 159 cm³/mol. The standard InChI is InChI=1S/C31H45N5O3.ClH/c1-4-5-18-35-29(38)27(28(37)24-12-8-6-9-13-24)32-30(39)31(35)16-19-34(20-17-31)21-26-22(2)33-36(23(26)3)25-14-10-7-11-15-25;/h7,10-11,14-15,24,27-28,37H,4-6,8-9,12-13,16-21H2,1-3H3,(H,32,39);1H/t27-,28-;/m1./s1. The molecule has 3 fully saturated rings. The molecule has 0 radical (unpaired) electrons. The Labute approximate surface area is 244 Å². The van der Waals surface area contributed by atoms with Gasteiger partial charge in [0.05, 0.1) is 17.5 Å². The molecule has 1 aliphatic carbocycles. The summed E-state index contributed by atoms with van der Waals surface area (Å²) in [6.07, 6.45) is 7.40. The van der Waals surface area contributed by atoms with Crippen LogP contribution in [-0.2, 0) is 16.1 Å². The molecule has 2 saturated heterocycles. The fraction of sp³-hybridized carbons (Fsp3) is 0.645. The highest BCUT2D eigenvalue weighted by Gasteiger charge is 2.55. The van der Waals surface area contributed by atoms with E-state index in [-0.39, 0.29) is 30.1 Å². The van der Waals surface area contributed by atoms with Crippen molar-refractivity contribution in [1.82, 2.24) is 24.9 Å². The topological polar surface area (TPSA) is 90.7 Å². The number of piperidine rings is 1. The number of rotatable bonds is 8. The van der Waals surface area contributed by atoms with Crippen LogP contribution in [-0.4, -0.2) is 73.8 Å². The van der Waals surface area contributed by atoms with Crippen LogP contribution in [0, 0.1) is 19.8 Å². The van der Waals surface area contributed by atoms with Crippen molar-refractivity contribution >= 4 is 24.2 Å². The minimum atomic E-state index is -0.830. The van der Waals surface area contributed by atoms with Gasteiger partial charge in [0.15, 0.2) is 0 Å². The summed E-state index contributed by atoms with van der Waals surface area (Å²) < 4.78 is 2.01. The SMILES string of the molecule is CCCCN1C(=O)[C@@H]([C@H](O)C2CCCCC2)NC(=O)C12CCN(Cc1c(C)nn(-c3ccccc3)c1C)CC2.Cl. The van der Waals surface area contributed by atoms with E-state index in [9.17, 15) is 14.7 Å². The number of benzene rings is 1. The van der Waals surface area contributed by atoms with Crippen molar-refractivity contribution in [2.24, 2.45) is 5.92 Å². The van der Waals surface area contributed by atoms with Gasteiger partial charge in [-0.25, -0.2) is 4.68 Å². The Morgan fingerprint density at radius 1 is 1.07 bits per heavy atom. The Kier molecular flexibility index (Phi) is 9.96. The number of aromatic nitrogens is 2. The molecule has 2 atom stereocenters. The maximum Gasteiger partial charge on any atom is 0.248 e. The average Bonchev–Trinajstić information content (AvgIpc) is 3.25. The number of para-hydroxylation sites is 1. The summed E-state index contributed by atoms with van der Waals surface area (Å²) in [6, 6.07) is 9.36. The molecule has 1 aromatic carbocycles. The number of unbranched alkanes of at least 4 members (excludes halogenated alkanes) is 1. The summed E-state index contributed by atoms with van der Waals surface area (Å²) >= 11 is 0. The molecule has 9 heteroatoms. The van der Waals surface area contributed by atoms with E-state index in [1.807, 2.05) is 27.8 Å². The number of aliphatic hydroxyl groups excluding tert-OH is 1. The summed E-state index contributed by atoms with van der Waals surface area (Å²) in [4.78, 5) is 31.9. The van der Waals surface area contributed by atoms with Crippen LogP contribution in [0.25, 0.3) is 5.69 Å². The van der Waals surface area contributed by atoms with Crippen LogP contribution in [0.4, 0.5) is 0 Å². The van der Waals surface area contributed by atoms with Gasteiger partial charge in [0.2, 0.25) is 11.8 Å². The van der Waals surface area contributed by atoms with Crippen molar-refractivity contribution in [1.29, 1.82) is 0 Å². The summed E-state index contributed by atoms with van der Waals surface area (Å²) in [5.41, 5.74) is 3.59. The Hall–Kier alpha value is -2.42. The summed E-state index contributed by atoms with van der Waals surface area (Å²) in [6.45, 7) is 9.09. The number of nitrogens with one attached hydrogen (secondary N) is 1. The lowest BCUT2D eigenvalue weighted by Gasteiger charge is -2.52. The molecule has 2 amide bonds. The minimum absolute atomic E-state index is 0. The molecule has 3 aliphatic rings. The van der Waals surface area contributed by atoms with Crippen molar-refractivity contribution in [2.45, 2.75) is 103 Å². The lowest BCUT2D eigenvalue weighted by atomic mass is 9.78. The zero-order chi connectivity index (χ0) is 27.6. The van der Waals surface area contributed by atoms with Gasteiger partial charge < -0.3 is 15.3 Å². The number of carbonyl (C=O) groups is 2. The van der Waals surface area contributed by atoms with Crippen LogP contribution in [0.1, 0.15) is 81.7 Å². The maximum atomic E-state index is 13.9. The molecule has 1 aromatic heterocycles. The lowest BCUT2D eigenvalue weighted by Crippen LogP contribution is -2.75. The number of hydrogen-bond donors (Lipinski definition) is 2. The van der Waals surface area contributed by atoms with Crippen LogP contribution in [0.15, 0.2) is 30.3 Å². The van der Waals surface area contributed by atoms with E-state index >= 15 is 0 Å². The number of likely N-dealkylation sites (tertiary alicyclic amines) is 1. The zero-order valence-electron chi connectivity index (χ0n) is 24.3. The minimum Gasteiger partial charge on any atom is -0.390 e. The number of carbonyl (C=O) groups excluding carboxylic acids is 2. The number of nitrogens with zero attached hydrogens (tertiary/aromatic N) is 4. The average molecular weight is 572 g/mol. The Morgan fingerprint density at radius 3 is 2.40 bits per heavy atom. The van der Waals surface area contributed by atoms with Gasteiger partial charge in [-0.05, 0) is 64.0 Å². The maximum absolute atomic E-state index is 13.9. The van der Waals surface area contributed by atoms with Crippen molar-refractivity contribution in [3.63, 3.8) is 0 Å². The van der Waals surface area contributed by atoms with Gasteiger partial charge in [0.1, 0.15) is 11.6 Å². The smallest absolute Gasteiger partial charge is 0.248 e. The third-order valence-corrected chi connectivity index (χ3v) is 9.47. The van der Waals surface area contributed by atoms with Gasteiger partial charge in [-0.1, -0.05) is 50.8 Å². The van der Waals surface area contributed by atoms with E-state index in [0.29, 0.717) is 19.4 Å². The van der Waals surface area contributed by atoms with E-state index in [1.165, 1.54) is 12.0 Å². The molecule has 1 saturated carbocycles. The molecular formula is C31H46ClN5O3. The number of amides is 2. The predicted octanol–water partition coefficient (Wildman–Crippen LogP) is 4.31. The molecule has 2 aromatic rings. The summed E-state index contributed by atoms with van der Waals surface area (Å²) in [5.74, 6) is -0.0902. The number of aliphatic hydroxyl groups is 1. The van der Waals surface area contributed by atoms with Crippen molar-refractivity contribution in [3.05, 3.63) is 47.3 Å². The molecular weight excluding hydrogens is 526 g/mol. The number of halogens is 1. The quantitative estimate of drug-likeness (QED) is 0.493. The summed E-state index contributed by atoms with van der Waals surface area (Å²) in [5, 5.41) is 19.0. The Balaban J connectivity index is 0.00000370. The van der Waals surface area contributed by atoms with Gasteiger partial charge >= 0.3 is 0 Å². The molecule has 0 bridgehead atoms. The van der Waals surface area contributed by atoms with Crippen molar-refractivity contribution < 1.29 is 14.7 Å². The van der Waals surface area contributed by atoms with Crippen LogP contribution < -0.4 is 5.32 Å². The second kappa shape index (κ2) is 13.0. The van der Waals surface area contributed by atoms with Crippen molar-refractivity contribution in [2.75, 3.05) is 19.6 Å². The Morgan fingerprint density at radius 2 is 1.75 bits per heavy atom. The van der Waals surface area contributed by atoms with Gasteiger partial charge in [0, 0.05) is 37.4 Å².